The number of carboxylic acids is 1. The Morgan fingerprint density at radius 2 is 1.70 bits per heavy atom. The number of rotatable bonds is 18. The van der Waals surface area contributed by atoms with E-state index < -0.39 is 45.4 Å². The van der Waals surface area contributed by atoms with E-state index in [1.165, 1.54) is 0 Å². The number of sulfonamides is 1. The van der Waals surface area contributed by atoms with Crippen LogP contribution in [0, 0.1) is 20.8 Å². The van der Waals surface area contributed by atoms with Gasteiger partial charge >= 0.3 is 11.9 Å². The Morgan fingerprint density at radius 3 is 2.38 bits per heavy atom. The number of guanidine groups is 1. The Bertz CT molecular complexity index is 1690. The van der Waals surface area contributed by atoms with Crippen molar-refractivity contribution in [1.82, 2.24) is 15.4 Å². The van der Waals surface area contributed by atoms with Gasteiger partial charge in [0.25, 0.3) is 10.0 Å². The number of hydrogen-bond acceptors (Lipinski definition) is 9. The number of hydrogen-bond donors (Lipinski definition) is 5. The molecular weight excluding hydrogens is 666 g/mol. The van der Waals surface area contributed by atoms with Crippen molar-refractivity contribution in [2.45, 2.75) is 109 Å². The summed E-state index contributed by atoms with van der Waals surface area (Å²) in [7, 11) is -4.10. The molecule has 1 heterocycles. The van der Waals surface area contributed by atoms with Gasteiger partial charge in [0.2, 0.25) is 17.8 Å². The maximum absolute atomic E-state index is 13.5. The first-order valence-electron chi connectivity index (χ1n) is 16.6. The summed E-state index contributed by atoms with van der Waals surface area (Å²) >= 11 is 0. The van der Waals surface area contributed by atoms with Gasteiger partial charge in [0, 0.05) is 37.9 Å². The lowest BCUT2D eigenvalue weighted by atomic mass is 9.94. The predicted octanol–water partition coefficient (Wildman–Crippen LogP) is 3.08. The Balaban J connectivity index is 1.58. The van der Waals surface area contributed by atoms with Crippen molar-refractivity contribution < 1.29 is 42.2 Å². The largest absolute Gasteiger partial charge is 0.487 e. The SMILES string of the molecule is Cc1c(C)c(S(=O)(=O)NC(N)=NCCC[C@H](NC(=O)CCC(=O)OCc2ccccc2)C(=O)NCCCCC(=O)O)c(C)c2c1OC(C)(C)C2. The molecule has 15 heteroatoms. The predicted molar refractivity (Wildman–Crippen MR) is 187 cm³/mol. The second-order valence-electron chi connectivity index (χ2n) is 13.0. The highest BCUT2D eigenvalue weighted by Gasteiger charge is 2.36. The van der Waals surface area contributed by atoms with E-state index in [9.17, 15) is 27.6 Å². The van der Waals surface area contributed by atoms with Crippen LogP contribution in [0.4, 0.5) is 0 Å². The summed E-state index contributed by atoms with van der Waals surface area (Å²) in [6.45, 7) is 9.52. The monoisotopic (exact) mass is 715 g/mol. The number of carbonyl (C=O) groups excluding carboxylic acids is 3. The second kappa shape index (κ2) is 17.8. The highest BCUT2D eigenvalue weighted by Crippen LogP contribution is 2.43. The minimum Gasteiger partial charge on any atom is -0.487 e. The number of nitrogens with two attached hydrogens (primary N) is 1. The molecule has 0 bridgehead atoms. The number of nitrogens with one attached hydrogen (secondary N) is 3. The fraction of sp³-hybridized carbons (Fsp3) is 0.514. The molecule has 2 aromatic rings. The van der Waals surface area contributed by atoms with Gasteiger partial charge in [0.1, 0.15) is 24.0 Å². The van der Waals surface area contributed by atoms with Crippen molar-refractivity contribution in [2.24, 2.45) is 10.7 Å². The average molecular weight is 716 g/mol. The van der Waals surface area contributed by atoms with Crippen molar-refractivity contribution in [3.8, 4) is 5.75 Å². The minimum absolute atomic E-state index is 0.0304. The van der Waals surface area contributed by atoms with Crippen LogP contribution in [0.25, 0.3) is 0 Å². The molecule has 274 valence electrons. The van der Waals surface area contributed by atoms with Gasteiger partial charge in [-0.1, -0.05) is 30.3 Å². The van der Waals surface area contributed by atoms with Crippen LogP contribution in [0.15, 0.2) is 40.2 Å². The Labute approximate surface area is 293 Å². The van der Waals surface area contributed by atoms with Gasteiger partial charge in [-0.25, -0.2) is 13.1 Å². The lowest BCUT2D eigenvalue weighted by Gasteiger charge is -2.19. The fourth-order valence-electron chi connectivity index (χ4n) is 5.66. The molecule has 0 fully saturated rings. The number of ether oxygens (including phenoxy) is 2. The smallest absolute Gasteiger partial charge is 0.306 e. The molecule has 0 radical (unpaired) electrons. The molecule has 14 nitrogen and oxygen atoms in total. The highest BCUT2D eigenvalue weighted by atomic mass is 32.2. The number of esters is 1. The molecule has 0 spiro atoms. The van der Waals surface area contributed by atoms with E-state index in [1.54, 1.807) is 13.8 Å². The molecule has 0 saturated carbocycles. The second-order valence-corrected chi connectivity index (χ2v) is 14.6. The number of aliphatic carboxylic acids is 1. The lowest BCUT2D eigenvalue weighted by molar-refractivity contribution is -0.146. The van der Waals surface area contributed by atoms with E-state index in [1.807, 2.05) is 51.1 Å². The van der Waals surface area contributed by atoms with Crippen LogP contribution in [-0.4, -0.2) is 68.0 Å². The van der Waals surface area contributed by atoms with Crippen LogP contribution < -0.4 is 25.8 Å². The summed E-state index contributed by atoms with van der Waals surface area (Å²) < 4.78 is 40.6. The van der Waals surface area contributed by atoms with Crippen LogP contribution >= 0.6 is 0 Å². The molecule has 50 heavy (non-hydrogen) atoms. The molecule has 2 amide bonds. The third kappa shape index (κ3) is 11.7. The Kier molecular flexibility index (Phi) is 14.2. The zero-order valence-corrected chi connectivity index (χ0v) is 30.2. The molecule has 1 aliphatic heterocycles. The van der Waals surface area contributed by atoms with Crippen molar-refractivity contribution >= 4 is 39.7 Å². The summed E-state index contributed by atoms with van der Waals surface area (Å²) in [4.78, 5) is 52.9. The first-order valence-corrected chi connectivity index (χ1v) is 18.1. The van der Waals surface area contributed by atoms with E-state index in [4.69, 9.17) is 20.3 Å². The third-order valence-corrected chi connectivity index (χ3v) is 9.93. The van der Waals surface area contributed by atoms with E-state index in [0.29, 0.717) is 36.1 Å². The molecule has 1 atom stereocenters. The number of carboxylic acid groups (broad SMARTS) is 1. The van der Waals surface area contributed by atoms with Gasteiger partial charge in [-0.3, -0.25) is 24.2 Å². The van der Waals surface area contributed by atoms with Crippen molar-refractivity contribution in [3.05, 3.63) is 58.1 Å². The number of amides is 2. The summed E-state index contributed by atoms with van der Waals surface area (Å²) in [5, 5.41) is 14.2. The number of fused-ring (bicyclic) bond motifs is 1. The first-order chi connectivity index (χ1) is 23.5. The zero-order chi connectivity index (χ0) is 37.1. The van der Waals surface area contributed by atoms with Crippen LogP contribution in [-0.2, 0) is 47.0 Å². The number of benzene rings is 2. The molecule has 0 aliphatic carbocycles. The van der Waals surface area contributed by atoms with Crippen LogP contribution in [0.3, 0.4) is 0 Å². The van der Waals surface area contributed by atoms with Crippen LogP contribution in [0.5, 0.6) is 5.75 Å². The van der Waals surface area contributed by atoms with Gasteiger partial charge in [0.05, 0.1) is 11.3 Å². The van der Waals surface area contributed by atoms with Crippen molar-refractivity contribution in [3.63, 3.8) is 0 Å². The van der Waals surface area contributed by atoms with Gasteiger partial charge in [-0.05, 0) is 82.6 Å². The molecule has 0 aromatic heterocycles. The standard InChI is InChI=1S/C35H49N5O9S/c1-22-23(2)32(24(3)26-20-35(4,5)49-31(22)26)50(46,47)40-34(36)38-19-11-14-27(33(45)37-18-10-9-15-29(42)43)39-28(41)16-17-30(44)48-21-25-12-7-6-8-13-25/h6-8,12-13,27H,9-11,14-21H2,1-5H3,(H,37,45)(H,39,41)(H,42,43)(H3,36,38,40)/t27-/m0/s1. The quantitative estimate of drug-likeness (QED) is 0.0658. The molecule has 6 N–H and O–H groups in total. The van der Waals surface area contributed by atoms with E-state index in [0.717, 1.165) is 16.7 Å². The lowest BCUT2D eigenvalue weighted by Crippen LogP contribution is -2.47. The van der Waals surface area contributed by atoms with Gasteiger partial charge in [0.15, 0.2) is 0 Å². The number of carbonyl (C=O) groups is 4. The van der Waals surface area contributed by atoms with E-state index >= 15 is 0 Å². The number of aliphatic imine (C=N–C) groups is 1. The molecule has 2 aromatic carbocycles. The molecule has 0 saturated heterocycles. The number of unbranched alkanes of at least 4 members (excludes halogenated alkanes) is 1. The summed E-state index contributed by atoms with van der Waals surface area (Å²) in [5.74, 6) is -2.13. The van der Waals surface area contributed by atoms with Gasteiger partial charge in [-0.2, -0.15) is 0 Å². The van der Waals surface area contributed by atoms with Crippen LogP contribution in [0.1, 0.15) is 86.6 Å². The molecular formula is C35H49N5O9S. The topological polar surface area (TPSA) is 216 Å². The van der Waals surface area contributed by atoms with Gasteiger partial charge in [-0.15, -0.1) is 0 Å². The highest BCUT2D eigenvalue weighted by molar-refractivity contribution is 7.90. The van der Waals surface area contributed by atoms with Crippen LogP contribution in [0.2, 0.25) is 0 Å². The van der Waals surface area contributed by atoms with E-state index in [2.05, 4.69) is 20.3 Å². The molecule has 0 unspecified atom stereocenters. The third-order valence-electron chi connectivity index (χ3n) is 8.30. The normalized spacial score (nSPS) is 14.2. The first kappa shape index (κ1) is 39.8. The summed E-state index contributed by atoms with van der Waals surface area (Å²) in [6, 6.07) is 8.12. The summed E-state index contributed by atoms with van der Waals surface area (Å²) in [6.07, 6.45) is 1.33. The maximum atomic E-state index is 13.5. The molecule has 3 rings (SSSR count). The van der Waals surface area contributed by atoms with E-state index in [-0.39, 0.29) is 62.7 Å². The zero-order valence-electron chi connectivity index (χ0n) is 29.4. The Morgan fingerprint density at radius 1 is 1.00 bits per heavy atom. The summed E-state index contributed by atoms with van der Waals surface area (Å²) in [5.41, 5.74) is 9.07. The minimum atomic E-state index is -4.10. The van der Waals surface area contributed by atoms with Crippen molar-refractivity contribution in [1.29, 1.82) is 0 Å². The number of nitrogens with zero attached hydrogens (tertiary/aromatic N) is 1. The maximum Gasteiger partial charge on any atom is 0.306 e. The fourth-order valence-corrected chi connectivity index (χ4v) is 7.19. The van der Waals surface area contributed by atoms with Gasteiger partial charge < -0.3 is 30.9 Å². The van der Waals surface area contributed by atoms with Crippen molar-refractivity contribution in [2.75, 3.05) is 13.1 Å². The average Bonchev–Trinajstić information content (AvgIpc) is 3.38. The Hall–Kier alpha value is -4.66. The molecule has 1 aliphatic rings.